The van der Waals surface area contributed by atoms with Gasteiger partial charge in [0.25, 0.3) is 0 Å². The monoisotopic (exact) mass is 556 g/mol. The highest BCUT2D eigenvalue weighted by Gasteiger charge is 2.29. The Bertz CT molecular complexity index is 1320. The molecule has 36 heavy (non-hydrogen) atoms. The van der Waals surface area contributed by atoms with Crippen LogP contribution in [-0.2, 0) is 24.8 Å². The summed E-state index contributed by atoms with van der Waals surface area (Å²) in [7, 11) is -5.32. The van der Waals surface area contributed by atoms with Gasteiger partial charge in [0.15, 0.2) is 0 Å². The predicted molar refractivity (Wildman–Crippen MR) is 144 cm³/mol. The Hall–Kier alpha value is -2.18. The number of carbonyl (C=O) groups is 1. The van der Waals surface area contributed by atoms with Gasteiger partial charge in [0.2, 0.25) is 26.0 Å². The Morgan fingerprint density at radius 3 is 2.36 bits per heavy atom. The molecule has 1 saturated heterocycles. The molecule has 1 N–H and O–H groups in total. The third-order valence-corrected chi connectivity index (χ3v) is 9.86. The van der Waals surface area contributed by atoms with E-state index in [1.54, 1.807) is 44.2 Å². The van der Waals surface area contributed by atoms with Gasteiger partial charge in [-0.2, -0.15) is 4.31 Å². The Balaban J connectivity index is 1.67. The minimum absolute atomic E-state index is 0.0556. The standard InChI is InChI=1S/C24H33ClN4O5S2/c1-18-10-11-20(17-23(18)36(33,34)28-15-13-27(3)14-16-28)26-24(30)9-6-12-29(35(4,31)32)22-8-5-7-21(25)19(22)2/h5,7-8,10-11,17H,6,9,12-16H2,1-4H3,(H,26,30). The zero-order valence-corrected chi connectivity index (χ0v) is 23.4. The second kappa shape index (κ2) is 11.5. The van der Waals surface area contributed by atoms with Crippen molar-refractivity contribution in [3.05, 3.63) is 52.5 Å². The second-order valence-electron chi connectivity index (χ2n) is 9.06. The number of anilines is 2. The van der Waals surface area contributed by atoms with Crippen LogP contribution in [0.1, 0.15) is 24.0 Å². The Kier molecular flexibility index (Phi) is 9.05. The average Bonchev–Trinajstić information content (AvgIpc) is 2.79. The molecular formula is C24H33ClN4O5S2. The lowest BCUT2D eigenvalue weighted by Crippen LogP contribution is -2.47. The third kappa shape index (κ3) is 6.77. The Morgan fingerprint density at radius 2 is 1.72 bits per heavy atom. The lowest BCUT2D eigenvalue weighted by molar-refractivity contribution is -0.116. The van der Waals surface area contributed by atoms with E-state index in [0.29, 0.717) is 53.7 Å². The molecule has 0 radical (unpaired) electrons. The predicted octanol–water partition coefficient (Wildman–Crippen LogP) is 3.08. The van der Waals surface area contributed by atoms with Crippen LogP contribution in [-0.4, -0.2) is 78.0 Å². The number of sulfonamides is 2. The molecule has 198 valence electrons. The molecule has 2 aromatic rings. The normalized spacial score (nSPS) is 15.6. The lowest BCUT2D eigenvalue weighted by Gasteiger charge is -2.32. The first-order valence-electron chi connectivity index (χ1n) is 11.6. The molecule has 0 spiro atoms. The maximum atomic E-state index is 13.2. The first-order chi connectivity index (χ1) is 16.8. The van der Waals surface area contributed by atoms with Crippen molar-refractivity contribution in [1.29, 1.82) is 0 Å². The summed E-state index contributed by atoms with van der Waals surface area (Å²) in [6, 6.07) is 9.87. The van der Waals surface area contributed by atoms with E-state index >= 15 is 0 Å². The van der Waals surface area contributed by atoms with Crippen LogP contribution < -0.4 is 9.62 Å². The smallest absolute Gasteiger partial charge is 0.243 e. The average molecular weight is 557 g/mol. The van der Waals surface area contributed by atoms with E-state index in [1.807, 2.05) is 7.05 Å². The fourth-order valence-corrected chi connectivity index (χ4v) is 6.92. The van der Waals surface area contributed by atoms with Crippen molar-refractivity contribution < 1.29 is 21.6 Å². The van der Waals surface area contributed by atoms with E-state index in [4.69, 9.17) is 11.6 Å². The number of aryl methyl sites for hydroxylation is 1. The molecule has 2 aromatic carbocycles. The van der Waals surface area contributed by atoms with Crippen molar-refractivity contribution in [3.8, 4) is 0 Å². The first-order valence-corrected chi connectivity index (χ1v) is 15.3. The van der Waals surface area contributed by atoms with E-state index in [0.717, 1.165) is 6.26 Å². The number of hydrogen-bond acceptors (Lipinski definition) is 6. The molecule has 1 aliphatic rings. The molecule has 1 amide bonds. The fraction of sp³-hybridized carbons (Fsp3) is 0.458. The SMILES string of the molecule is Cc1ccc(NC(=O)CCCN(c2cccc(Cl)c2C)S(C)(=O)=O)cc1S(=O)(=O)N1CCN(C)CC1. The summed E-state index contributed by atoms with van der Waals surface area (Å²) in [5, 5.41) is 3.20. The van der Waals surface area contributed by atoms with Gasteiger partial charge in [-0.3, -0.25) is 9.10 Å². The van der Waals surface area contributed by atoms with Gasteiger partial charge < -0.3 is 10.2 Å². The maximum absolute atomic E-state index is 13.2. The molecule has 0 saturated carbocycles. The molecule has 0 aliphatic carbocycles. The van der Waals surface area contributed by atoms with Crippen molar-refractivity contribution >= 4 is 48.9 Å². The Labute approximate surface area is 219 Å². The second-order valence-corrected chi connectivity index (χ2v) is 13.3. The Morgan fingerprint density at radius 1 is 1.06 bits per heavy atom. The number of likely N-dealkylation sites (N-methyl/N-ethyl adjacent to an activating group) is 1. The van der Waals surface area contributed by atoms with E-state index in [-0.39, 0.29) is 30.2 Å². The van der Waals surface area contributed by atoms with Gasteiger partial charge in [0.1, 0.15) is 0 Å². The van der Waals surface area contributed by atoms with Crippen LogP contribution in [0.15, 0.2) is 41.3 Å². The fourth-order valence-electron chi connectivity index (χ4n) is 4.06. The number of nitrogens with one attached hydrogen (secondary N) is 1. The third-order valence-electron chi connectivity index (χ3n) is 6.23. The van der Waals surface area contributed by atoms with Gasteiger partial charge in [-0.15, -0.1) is 0 Å². The molecule has 1 fully saturated rings. The zero-order chi connectivity index (χ0) is 26.7. The van der Waals surface area contributed by atoms with E-state index in [9.17, 15) is 21.6 Å². The zero-order valence-electron chi connectivity index (χ0n) is 21.0. The molecule has 0 unspecified atom stereocenters. The molecule has 1 aliphatic heterocycles. The quantitative estimate of drug-likeness (QED) is 0.508. The molecule has 12 heteroatoms. The number of piperazine rings is 1. The van der Waals surface area contributed by atoms with Gasteiger partial charge in [-0.1, -0.05) is 23.7 Å². The van der Waals surface area contributed by atoms with Gasteiger partial charge in [-0.25, -0.2) is 16.8 Å². The van der Waals surface area contributed by atoms with Crippen molar-refractivity contribution in [2.24, 2.45) is 0 Å². The molecule has 0 aromatic heterocycles. The highest BCUT2D eigenvalue weighted by Crippen LogP contribution is 2.29. The highest BCUT2D eigenvalue weighted by molar-refractivity contribution is 7.92. The van der Waals surface area contributed by atoms with Crippen LogP contribution >= 0.6 is 11.6 Å². The molecule has 3 rings (SSSR count). The summed E-state index contributed by atoms with van der Waals surface area (Å²) in [5.41, 5.74) is 2.10. The topological polar surface area (TPSA) is 107 Å². The van der Waals surface area contributed by atoms with Crippen LogP contribution in [0.2, 0.25) is 5.02 Å². The van der Waals surface area contributed by atoms with Crippen LogP contribution in [0.3, 0.4) is 0 Å². The van der Waals surface area contributed by atoms with Gasteiger partial charge in [0.05, 0.1) is 16.8 Å². The van der Waals surface area contributed by atoms with Crippen molar-refractivity contribution in [1.82, 2.24) is 9.21 Å². The van der Waals surface area contributed by atoms with E-state index in [2.05, 4.69) is 10.2 Å². The van der Waals surface area contributed by atoms with Crippen LogP contribution in [0.4, 0.5) is 11.4 Å². The summed E-state index contributed by atoms with van der Waals surface area (Å²) in [5.74, 6) is -0.335. The molecule has 0 bridgehead atoms. The highest BCUT2D eigenvalue weighted by atomic mass is 35.5. The van der Waals surface area contributed by atoms with Crippen molar-refractivity contribution in [3.63, 3.8) is 0 Å². The number of nitrogens with zero attached hydrogens (tertiary/aromatic N) is 3. The molecule has 1 heterocycles. The first kappa shape index (κ1) is 28.4. The van der Waals surface area contributed by atoms with Crippen LogP contribution in [0, 0.1) is 13.8 Å². The van der Waals surface area contributed by atoms with E-state index < -0.39 is 20.0 Å². The lowest BCUT2D eigenvalue weighted by atomic mass is 10.2. The molecule has 0 atom stereocenters. The number of carbonyl (C=O) groups excluding carboxylic acids is 1. The number of halogens is 1. The summed E-state index contributed by atoms with van der Waals surface area (Å²) >= 11 is 6.16. The summed E-state index contributed by atoms with van der Waals surface area (Å²) in [6.07, 6.45) is 1.44. The van der Waals surface area contributed by atoms with Crippen LogP contribution in [0.25, 0.3) is 0 Å². The van der Waals surface area contributed by atoms with Crippen molar-refractivity contribution in [2.45, 2.75) is 31.6 Å². The van der Waals surface area contributed by atoms with Gasteiger partial charge in [0, 0.05) is 49.9 Å². The van der Waals surface area contributed by atoms with Crippen LogP contribution in [0.5, 0.6) is 0 Å². The number of benzene rings is 2. The maximum Gasteiger partial charge on any atom is 0.243 e. The summed E-state index contributed by atoms with van der Waals surface area (Å²) in [6.45, 7) is 5.72. The van der Waals surface area contributed by atoms with Crippen molar-refractivity contribution in [2.75, 3.05) is 55.6 Å². The molecule has 9 nitrogen and oxygen atoms in total. The van der Waals surface area contributed by atoms with Gasteiger partial charge in [-0.05, 0) is 62.7 Å². The number of rotatable bonds is 9. The minimum Gasteiger partial charge on any atom is -0.326 e. The summed E-state index contributed by atoms with van der Waals surface area (Å²) in [4.78, 5) is 14.9. The molecular weight excluding hydrogens is 524 g/mol. The van der Waals surface area contributed by atoms with E-state index in [1.165, 1.54) is 14.7 Å². The largest absolute Gasteiger partial charge is 0.326 e. The number of hydrogen-bond donors (Lipinski definition) is 1. The number of amides is 1. The summed E-state index contributed by atoms with van der Waals surface area (Å²) < 4.78 is 53.9. The van der Waals surface area contributed by atoms with Gasteiger partial charge >= 0.3 is 0 Å². The minimum atomic E-state index is -3.69.